The average Bonchev–Trinajstić information content (AvgIpc) is 3.25. The van der Waals surface area contributed by atoms with Gasteiger partial charge in [-0.25, -0.2) is 0 Å². The lowest BCUT2D eigenvalue weighted by molar-refractivity contribution is 0.0543. The Bertz CT molecular complexity index is 1760. The molecule has 0 saturated carbocycles. The van der Waals surface area contributed by atoms with Crippen LogP contribution in [-0.2, 0) is 9.47 Å². The van der Waals surface area contributed by atoms with E-state index in [4.69, 9.17) is 9.47 Å². The fraction of sp³-hybridized carbons (Fsp3) is 0.391. The number of hydrogen-bond acceptors (Lipinski definition) is 10. The zero-order chi connectivity index (χ0) is 40.3. The molecule has 0 aliphatic carbocycles. The minimum absolute atomic E-state index is 0.164. The van der Waals surface area contributed by atoms with Crippen LogP contribution in [0.5, 0.6) is 0 Å². The van der Waals surface area contributed by atoms with Crippen LogP contribution < -0.4 is 9.80 Å². The Labute approximate surface area is 332 Å². The largest absolute Gasteiger partial charge is 0.378 e. The van der Waals surface area contributed by atoms with Crippen LogP contribution in [0, 0.1) is 0 Å². The second kappa shape index (κ2) is 19.2. The summed E-state index contributed by atoms with van der Waals surface area (Å²) in [4.78, 5) is 61.8. The Balaban J connectivity index is 0.000000214. The van der Waals surface area contributed by atoms with Gasteiger partial charge in [0.1, 0.15) is 11.1 Å². The van der Waals surface area contributed by atoms with E-state index in [1.807, 2.05) is 98.8 Å². The number of hydrogen-bond donors (Lipinski definition) is 0. The van der Waals surface area contributed by atoms with Crippen LogP contribution in [0.3, 0.4) is 0 Å². The van der Waals surface area contributed by atoms with Crippen molar-refractivity contribution in [1.82, 2.24) is 9.80 Å². The van der Waals surface area contributed by atoms with Crippen molar-refractivity contribution in [2.45, 2.75) is 37.8 Å². The van der Waals surface area contributed by atoms with Crippen molar-refractivity contribution < 1.29 is 28.7 Å². The molecular formula is C46H56N4O6. The molecule has 2 aliphatic heterocycles. The molecule has 296 valence electrons. The minimum atomic E-state index is -1.22. The smallest absolute Gasteiger partial charge is 0.191 e. The monoisotopic (exact) mass is 760 g/mol. The van der Waals surface area contributed by atoms with Gasteiger partial charge in [0, 0.05) is 59.8 Å². The maximum Gasteiger partial charge on any atom is 0.191 e. The predicted molar refractivity (Wildman–Crippen MR) is 223 cm³/mol. The molecule has 2 saturated heterocycles. The van der Waals surface area contributed by atoms with Gasteiger partial charge < -0.3 is 19.3 Å². The molecule has 0 spiro atoms. The van der Waals surface area contributed by atoms with E-state index < -0.39 is 11.1 Å². The van der Waals surface area contributed by atoms with Crippen molar-refractivity contribution in [3.05, 3.63) is 131 Å². The molecule has 10 nitrogen and oxygen atoms in total. The molecule has 2 atom stereocenters. The van der Waals surface area contributed by atoms with E-state index in [0.29, 0.717) is 61.5 Å². The zero-order valence-electron chi connectivity index (χ0n) is 33.7. The molecule has 4 aromatic rings. The average molecular weight is 761 g/mol. The van der Waals surface area contributed by atoms with Gasteiger partial charge in [-0.2, -0.15) is 0 Å². The van der Waals surface area contributed by atoms with Gasteiger partial charge in [0.2, 0.25) is 0 Å². The highest BCUT2D eigenvalue weighted by molar-refractivity contribution is 6.24. The number of ketones is 4. The van der Waals surface area contributed by atoms with Gasteiger partial charge in [-0.15, -0.1) is 0 Å². The van der Waals surface area contributed by atoms with E-state index in [0.717, 1.165) is 37.6 Å². The maximum atomic E-state index is 13.5. The fourth-order valence-electron chi connectivity index (χ4n) is 7.72. The van der Waals surface area contributed by atoms with Crippen molar-refractivity contribution in [3.8, 4) is 0 Å². The third-order valence-electron chi connectivity index (χ3n) is 11.1. The van der Waals surface area contributed by atoms with Crippen molar-refractivity contribution in [1.29, 1.82) is 0 Å². The molecule has 56 heavy (non-hydrogen) atoms. The van der Waals surface area contributed by atoms with Crippen LogP contribution in [0.25, 0.3) is 0 Å². The van der Waals surface area contributed by atoms with E-state index in [9.17, 15) is 19.2 Å². The highest BCUT2D eigenvalue weighted by Gasteiger charge is 2.48. The molecule has 0 amide bonds. The molecule has 6 rings (SSSR count). The second-order valence-electron chi connectivity index (χ2n) is 14.6. The van der Waals surface area contributed by atoms with Gasteiger partial charge in [-0.1, -0.05) is 74.5 Å². The first-order valence-electron chi connectivity index (χ1n) is 19.5. The molecule has 0 aromatic heterocycles. The Hall–Kier alpha value is -5.00. The summed E-state index contributed by atoms with van der Waals surface area (Å²) < 4.78 is 10.8. The van der Waals surface area contributed by atoms with Crippen LogP contribution in [0.1, 0.15) is 68.1 Å². The Morgan fingerprint density at radius 1 is 0.464 bits per heavy atom. The van der Waals surface area contributed by atoms with Crippen LogP contribution in [0.15, 0.2) is 109 Å². The van der Waals surface area contributed by atoms with Crippen molar-refractivity contribution in [3.63, 3.8) is 0 Å². The molecule has 0 bridgehead atoms. The number of anilines is 2. The lowest BCUT2D eigenvalue weighted by Crippen LogP contribution is -2.57. The molecule has 2 unspecified atom stereocenters. The number of benzene rings is 4. The number of morpholine rings is 2. The quantitative estimate of drug-likeness (QED) is 0.103. The first-order valence-corrected chi connectivity index (χ1v) is 19.5. The summed E-state index contributed by atoms with van der Waals surface area (Å²) in [5, 5.41) is 0. The zero-order valence-corrected chi connectivity index (χ0v) is 33.7. The maximum absolute atomic E-state index is 13.5. The number of carbonyl (C=O) groups is 4. The Kier molecular flexibility index (Phi) is 14.5. The van der Waals surface area contributed by atoms with Crippen molar-refractivity contribution in [2.75, 3.05) is 90.6 Å². The molecule has 10 heteroatoms. The topological polar surface area (TPSA) is 99.7 Å². The van der Waals surface area contributed by atoms with Gasteiger partial charge in [-0.05, 0) is 89.6 Å². The fourth-order valence-corrected chi connectivity index (χ4v) is 7.72. The van der Waals surface area contributed by atoms with E-state index in [-0.39, 0.29) is 23.1 Å². The van der Waals surface area contributed by atoms with Crippen molar-refractivity contribution in [2.24, 2.45) is 0 Å². The highest BCUT2D eigenvalue weighted by Crippen LogP contribution is 2.31. The van der Waals surface area contributed by atoms with E-state index >= 15 is 0 Å². The third-order valence-corrected chi connectivity index (χ3v) is 11.1. The molecular weight excluding hydrogens is 705 g/mol. The first kappa shape index (κ1) is 42.1. The minimum Gasteiger partial charge on any atom is -0.378 e. The summed E-state index contributed by atoms with van der Waals surface area (Å²) in [6.45, 7) is 10.0. The summed E-state index contributed by atoms with van der Waals surface area (Å²) in [7, 11) is 7.18. The van der Waals surface area contributed by atoms with Gasteiger partial charge in [0.05, 0.1) is 26.4 Å². The van der Waals surface area contributed by atoms with Crippen molar-refractivity contribution >= 4 is 34.5 Å². The normalized spacial score (nSPS) is 16.6. The number of Topliss-reactive ketones (excluding diaryl/α,β-unsaturated/α-hetero) is 4. The van der Waals surface area contributed by atoms with E-state index in [1.54, 1.807) is 62.3 Å². The lowest BCUT2D eigenvalue weighted by Gasteiger charge is -2.36. The van der Waals surface area contributed by atoms with Crippen LogP contribution in [0.2, 0.25) is 0 Å². The van der Waals surface area contributed by atoms with Gasteiger partial charge in [-0.3, -0.25) is 29.0 Å². The third kappa shape index (κ3) is 8.84. The number of likely N-dealkylation sites (N-methyl/N-ethyl adjacent to an activating group) is 2. The second-order valence-corrected chi connectivity index (χ2v) is 14.6. The van der Waals surface area contributed by atoms with Crippen LogP contribution in [0.4, 0.5) is 11.4 Å². The predicted octanol–water partition coefficient (Wildman–Crippen LogP) is 6.60. The molecule has 2 aliphatic rings. The van der Waals surface area contributed by atoms with Crippen LogP contribution >= 0.6 is 0 Å². The number of rotatable bonds is 14. The molecule has 4 aromatic carbocycles. The number of ether oxygens (including phenoxy) is 2. The molecule has 2 fully saturated rings. The lowest BCUT2D eigenvalue weighted by atomic mass is 9.79. The Morgan fingerprint density at radius 2 is 0.732 bits per heavy atom. The van der Waals surface area contributed by atoms with E-state index in [1.165, 1.54) is 0 Å². The number of carbonyl (C=O) groups excluding carboxylic acids is 4. The highest BCUT2D eigenvalue weighted by atomic mass is 16.5. The van der Waals surface area contributed by atoms with Gasteiger partial charge in [0.15, 0.2) is 23.1 Å². The molecule has 2 heterocycles. The summed E-state index contributed by atoms with van der Waals surface area (Å²) in [5.74, 6) is -0.657. The summed E-state index contributed by atoms with van der Waals surface area (Å²) in [5.41, 5.74) is 1.91. The summed E-state index contributed by atoms with van der Waals surface area (Å²) >= 11 is 0. The first-order chi connectivity index (χ1) is 27.0. The van der Waals surface area contributed by atoms with Gasteiger partial charge in [0.25, 0.3) is 0 Å². The van der Waals surface area contributed by atoms with Crippen LogP contribution in [-0.4, -0.2) is 125 Å². The summed E-state index contributed by atoms with van der Waals surface area (Å²) in [6, 6.07) is 33.3. The summed E-state index contributed by atoms with van der Waals surface area (Å²) in [6.07, 6.45) is 0.801. The van der Waals surface area contributed by atoms with E-state index in [2.05, 4.69) is 9.80 Å². The molecule has 0 radical (unpaired) electrons. The van der Waals surface area contributed by atoms with Gasteiger partial charge >= 0.3 is 0 Å². The SMILES string of the molecule is CCC(C(=O)c1ccccc1)(C(=O)c1ccc(N2CCOCC2)cc1)N(C)C.CCC(C(=O)c1ccccc1)(C(=O)c1ccc(N2CCOCC2)cc1)N(C)C. The Morgan fingerprint density at radius 3 is 0.982 bits per heavy atom. The standard InChI is InChI=1S/2C23H28N2O3/c2*1-4-23(24(2)3,21(26)18-8-6-5-7-9-18)22(27)19-10-12-20(13-11-19)25-14-16-28-17-15-25/h2*5-13H,4,14-17H2,1-3H3. The number of nitrogens with zero attached hydrogens (tertiary/aromatic N) is 4. The molecule has 0 N–H and O–H groups in total.